The van der Waals surface area contributed by atoms with E-state index in [1.807, 2.05) is 56.7 Å². The van der Waals surface area contributed by atoms with Gasteiger partial charge in [0.1, 0.15) is 0 Å². The summed E-state index contributed by atoms with van der Waals surface area (Å²) in [6.45, 7) is 8.10. The van der Waals surface area contributed by atoms with Gasteiger partial charge in [-0.25, -0.2) is 0 Å². The summed E-state index contributed by atoms with van der Waals surface area (Å²) in [6.07, 6.45) is 1.92. The van der Waals surface area contributed by atoms with Crippen LogP contribution in [0.2, 0.25) is 0 Å². The van der Waals surface area contributed by atoms with E-state index in [1.54, 1.807) is 0 Å². The molecule has 0 fully saturated rings. The number of aromatic hydroxyl groups is 2. The van der Waals surface area contributed by atoms with Crippen LogP contribution in [0.25, 0.3) is 10.9 Å². The van der Waals surface area contributed by atoms with E-state index >= 15 is 0 Å². The summed E-state index contributed by atoms with van der Waals surface area (Å²) in [5, 5.41) is 21.3. The number of hydrogen-bond donors (Lipinski definition) is 2. The monoisotopic (exact) mass is 246 g/mol. The van der Waals surface area contributed by atoms with Crippen LogP contribution in [0.3, 0.4) is 0 Å². The van der Waals surface area contributed by atoms with Crippen molar-refractivity contribution in [2.45, 2.75) is 39.7 Å². The maximum Gasteiger partial charge on any atom is 0.258 e. The van der Waals surface area contributed by atoms with Crippen molar-refractivity contribution < 1.29 is 14.8 Å². The second-order valence-electron chi connectivity index (χ2n) is 5.26. The first-order valence-corrected chi connectivity index (χ1v) is 6.32. The maximum atomic E-state index is 10.2. The van der Waals surface area contributed by atoms with E-state index in [2.05, 4.69) is 0 Å². The topological polar surface area (TPSA) is 44.3 Å². The minimum absolute atomic E-state index is 0.00176. The Morgan fingerprint density at radius 3 is 2.28 bits per heavy atom. The van der Waals surface area contributed by atoms with Gasteiger partial charge in [-0.15, -0.1) is 0 Å². The molecule has 3 heteroatoms. The Hall–Kier alpha value is -1.77. The number of nitrogens with zero attached hydrogens (tertiary/aromatic N) is 1. The van der Waals surface area contributed by atoms with Crippen molar-refractivity contribution in [1.82, 2.24) is 0 Å². The molecule has 0 bridgehead atoms. The van der Waals surface area contributed by atoms with Crippen molar-refractivity contribution in [2.75, 3.05) is 0 Å². The molecule has 0 aliphatic carbocycles. The van der Waals surface area contributed by atoms with Gasteiger partial charge in [0.25, 0.3) is 5.52 Å². The van der Waals surface area contributed by atoms with E-state index in [9.17, 15) is 10.2 Å². The minimum atomic E-state index is -0.0227. The molecule has 0 saturated heterocycles. The third-order valence-corrected chi connectivity index (χ3v) is 3.27. The Kier molecular flexibility index (Phi) is 3.16. The summed E-state index contributed by atoms with van der Waals surface area (Å²) in [5.41, 5.74) is 1.47. The number of benzene rings is 1. The third kappa shape index (κ3) is 1.90. The van der Waals surface area contributed by atoms with Gasteiger partial charge in [-0.3, -0.25) is 0 Å². The van der Waals surface area contributed by atoms with Gasteiger partial charge in [-0.1, -0.05) is 13.8 Å². The van der Waals surface area contributed by atoms with Gasteiger partial charge >= 0.3 is 0 Å². The molecule has 0 radical (unpaired) electrons. The second-order valence-corrected chi connectivity index (χ2v) is 5.26. The summed E-state index contributed by atoms with van der Waals surface area (Å²) in [6, 6.07) is 6.10. The van der Waals surface area contributed by atoms with Crippen LogP contribution in [-0.2, 0) is 0 Å². The lowest BCUT2D eigenvalue weighted by molar-refractivity contribution is -0.691. The van der Waals surface area contributed by atoms with Crippen molar-refractivity contribution in [2.24, 2.45) is 0 Å². The molecule has 0 aliphatic heterocycles. The molecule has 0 aliphatic rings. The van der Waals surface area contributed by atoms with Crippen molar-refractivity contribution >= 4 is 10.9 Å². The van der Waals surface area contributed by atoms with Gasteiger partial charge in [0.15, 0.2) is 18.0 Å². The van der Waals surface area contributed by atoms with E-state index in [4.69, 9.17) is 0 Å². The maximum absolute atomic E-state index is 10.2. The molecule has 3 nitrogen and oxygen atoms in total. The van der Waals surface area contributed by atoms with Crippen molar-refractivity contribution in [3.8, 4) is 11.5 Å². The number of hydrogen-bond acceptors (Lipinski definition) is 2. The minimum Gasteiger partial charge on any atom is -0.504 e. The van der Waals surface area contributed by atoms with E-state index in [1.165, 1.54) is 0 Å². The zero-order valence-electron chi connectivity index (χ0n) is 11.3. The molecule has 0 atom stereocenters. The summed E-state index contributed by atoms with van der Waals surface area (Å²) in [7, 11) is 0. The molecule has 2 aromatic rings. The van der Waals surface area contributed by atoms with E-state index in [0.717, 1.165) is 10.9 Å². The third-order valence-electron chi connectivity index (χ3n) is 3.27. The molecule has 2 N–H and O–H groups in total. The SMILES string of the molecule is CC(C)c1cc2ccc[n+](C(C)C)c2c(O)c1O. The first kappa shape index (κ1) is 12.7. The highest BCUT2D eigenvalue weighted by Crippen LogP contribution is 2.38. The second kappa shape index (κ2) is 4.48. The molecule has 0 unspecified atom stereocenters. The zero-order chi connectivity index (χ0) is 13.4. The van der Waals surface area contributed by atoms with E-state index in [-0.39, 0.29) is 23.5 Å². The van der Waals surface area contributed by atoms with Crippen LogP contribution in [0.1, 0.15) is 45.2 Å². The van der Waals surface area contributed by atoms with Gasteiger partial charge < -0.3 is 10.2 Å². The number of phenols is 2. The largest absolute Gasteiger partial charge is 0.504 e. The number of fused-ring (bicyclic) bond motifs is 1. The van der Waals surface area contributed by atoms with Crippen LogP contribution in [0.4, 0.5) is 0 Å². The lowest BCUT2D eigenvalue weighted by Gasteiger charge is -2.12. The Morgan fingerprint density at radius 2 is 1.72 bits per heavy atom. The lowest BCUT2D eigenvalue weighted by Crippen LogP contribution is -2.36. The fraction of sp³-hybridized carbons (Fsp3) is 0.400. The fourth-order valence-electron chi connectivity index (χ4n) is 2.27. The first-order valence-electron chi connectivity index (χ1n) is 6.32. The highest BCUT2D eigenvalue weighted by atomic mass is 16.3. The van der Waals surface area contributed by atoms with Gasteiger partial charge in [0.05, 0.1) is 5.39 Å². The highest BCUT2D eigenvalue weighted by Gasteiger charge is 2.22. The van der Waals surface area contributed by atoms with Gasteiger partial charge in [0, 0.05) is 11.6 Å². The summed E-state index contributed by atoms with van der Waals surface area (Å²) < 4.78 is 1.97. The quantitative estimate of drug-likeness (QED) is 0.631. The normalized spacial score (nSPS) is 11.7. The summed E-state index contributed by atoms with van der Waals surface area (Å²) in [5.74, 6) is 0.150. The smallest absolute Gasteiger partial charge is 0.258 e. The molecule has 2 rings (SSSR count). The fourth-order valence-corrected chi connectivity index (χ4v) is 2.27. The van der Waals surface area contributed by atoms with Crippen LogP contribution >= 0.6 is 0 Å². The average Bonchev–Trinajstić information content (AvgIpc) is 2.32. The first-order chi connectivity index (χ1) is 8.43. The Morgan fingerprint density at radius 1 is 1.06 bits per heavy atom. The Balaban J connectivity index is 2.86. The number of phenolic OH excluding ortho intramolecular Hbond substituents is 2. The van der Waals surface area contributed by atoms with Crippen molar-refractivity contribution in [3.05, 3.63) is 30.0 Å². The predicted octanol–water partition coefficient (Wildman–Crippen LogP) is 3.24. The highest BCUT2D eigenvalue weighted by molar-refractivity contribution is 5.85. The molecule has 1 aromatic heterocycles. The molecular formula is C15H20NO2+. The Bertz CT molecular complexity index is 589. The number of aromatic nitrogens is 1. The van der Waals surface area contributed by atoms with Gasteiger partial charge in [0.2, 0.25) is 5.75 Å². The van der Waals surface area contributed by atoms with Crippen LogP contribution in [0.5, 0.6) is 11.5 Å². The molecule has 1 aromatic carbocycles. The molecular weight excluding hydrogens is 226 g/mol. The van der Waals surface area contributed by atoms with Crippen molar-refractivity contribution in [1.29, 1.82) is 0 Å². The van der Waals surface area contributed by atoms with Gasteiger partial charge in [-0.2, -0.15) is 4.57 Å². The molecule has 96 valence electrons. The van der Waals surface area contributed by atoms with Gasteiger partial charge in [-0.05, 0) is 31.9 Å². The molecule has 0 spiro atoms. The van der Waals surface area contributed by atoms with Crippen molar-refractivity contribution in [3.63, 3.8) is 0 Å². The standard InChI is InChI=1S/C15H19NO2/c1-9(2)12-8-11-6-5-7-16(10(3)4)13(11)15(18)14(12)17/h5-10,18H,1-4H3/p+1. The van der Waals surface area contributed by atoms with E-state index in [0.29, 0.717) is 5.52 Å². The number of rotatable bonds is 2. The lowest BCUT2D eigenvalue weighted by atomic mass is 9.98. The zero-order valence-corrected chi connectivity index (χ0v) is 11.3. The van der Waals surface area contributed by atoms with E-state index < -0.39 is 0 Å². The predicted molar refractivity (Wildman–Crippen MR) is 71.9 cm³/mol. The molecule has 18 heavy (non-hydrogen) atoms. The Labute approximate surface area is 107 Å². The number of pyridine rings is 1. The molecule has 0 amide bonds. The van der Waals surface area contributed by atoms with Crippen LogP contribution in [0, 0.1) is 0 Å². The molecule has 0 saturated carbocycles. The average molecular weight is 246 g/mol. The molecule has 1 heterocycles. The van der Waals surface area contributed by atoms with Crippen LogP contribution < -0.4 is 4.57 Å². The summed E-state index contributed by atoms with van der Waals surface area (Å²) in [4.78, 5) is 0. The summed E-state index contributed by atoms with van der Waals surface area (Å²) >= 11 is 0. The van der Waals surface area contributed by atoms with Crippen LogP contribution in [0.15, 0.2) is 24.4 Å². The van der Waals surface area contributed by atoms with Crippen LogP contribution in [-0.4, -0.2) is 10.2 Å².